The summed E-state index contributed by atoms with van der Waals surface area (Å²) in [6.45, 7) is 6.52. The third-order valence-electron chi connectivity index (χ3n) is 3.04. The third kappa shape index (κ3) is 5.59. The molecule has 0 aromatic heterocycles. The van der Waals surface area contributed by atoms with Crippen molar-refractivity contribution in [2.45, 2.75) is 20.0 Å². The minimum absolute atomic E-state index is 0.746. The summed E-state index contributed by atoms with van der Waals surface area (Å²) < 4.78 is 10.5. The first-order chi connectivity index (χ1) is 9.21. The van der Waals surface area contributed by atoms with Gasteiger partial charge in [-0.05, 0) is 31.3 Å². The van der Waals surface area contributed by atoms with Crippen LogP contribution in [-0.4, -0.2) is 45.9 Å². The van der Waals surface area contributed by atoms with E-state index in [0.29, 0.717) is 0 Å². The maximum absolute atomic E-state index is 5.43. The highest BCUT2D eigenvalue weighted by Gasteiger charge is 2.07. The summed E-state index contributed by atoms with van der Waals surface area (Å²) in [6, 6.07) is 6.37. The molecule has 1 aromatic rings. The van der Waals surface area contributed by atoms with Gasteiger partial charge in [0.25, 0.3) is 0 Å². The van der Waals surface area contributed by atoms with Crippen LogP contribution < -0.4 is 10.1 Å². The predicted octanol–water partition coefficient (Wildman–Crippen LogP) is 1.88. The second-order valence-electron chi connectivity index (χ2n) is 4.66. The summed E-state index contributed by atoms with van der Waals surface area (Å²) in [7, 11) is 5.54. The Morgan fingerprint density at radius 3 is 2.68 bits per heavy atom. The summed E-state index contributed by atoms with van der Waals surface area (Å²) in [5.74, 6) is 0.949. The third-order valence-corrected chi connectivity index (χ3v) is 3.04. The lowest BCUT2D eigenvalue weighted by molar-refractivity contribution is 0.158. The van der Waals surface area contributed by atoms with E-state index in [-0.39, 0.29) is 0 Å². The number of benzene rings is 1. The van der Waals surface area contributed by atoms with Crippen LogP contribution in [0, 0.1) is 0 Å². The molecule has 4 nitrogen and oxygen atoms in total. The molecule has 0 heterocycles. The fourth-order valence-corrected chi connectivity index (χ4v) is 1.95. The zero-order valence-electron chi connectivity index (χ0n) is 12.5. The zero-order chi connectivity index (χ0) is 14.1. The van der Waals surface area contributed by atoms with Crippen molar-refractivity contribution in [3.63, 3.8) is 0 Å². The number of likely N-dealkylation sites (N-methyl/N-ethyl adjacent to an activating group) is 1. The molecule has 0 radical (unpaired) electrons. The minimum Gasteiger partial charge on any atom is -0.496 e. The summed E-state index contributed by atoms with van der Waals surface area (Å²) in [6.07, 6.45) is 0. The van der Waals surface area contributed by atoms with Crippen molar-refractivity contribution >= 4 is 0 Å². The fourth-order valence-electron chi connectivity index (χ4n) is 1.95. The first-order valence-electron chi connectivity index (χ1n) is 6.75. The van der Waals surface area contributed by atoms with Crippen LogP contribution in [0.15, 0.2) is 18.2 Å². The quantitative estimate of drug-likeness (QED) is 0.740. The molecule has 1 rings (SSSR count). The van der Waals surface area contributed by atoms with Gasteiger partial charge in [-0.1, -0.05) is 13.0 Å². The van der Waals surface area contributed by atoms with Crippen molar-refractivity contribution in [1.29, 1.82) is 0 Å². The van der Waals surface area contributed by atoms with Gasteiger partial charge in [0.1, 0.15) is 5.75 Å². The standard InChI is InChI=1S/C15H26N2O2/c1-5-16-11-13-6-7-15(19-4)14(10-13)12-17(2)8-9-18-3/h6-7,10,16H,5,8-9,11-12H2,1-4H3. The van der Waals surface area contributed by atoms with Crippen LogP contribution in [0.3, 0.4) is 0 Å². The lowest BCUT2D eigenvalue weighted by atomic mass is 10.1. The number of rotatable bonds is 9. The molecule has 0 saturated carbocycles. The van der Waals surface area contributed by atoms with E-state index in [0.717, 1.165) is 38.5 Å². The van der Waals surface area contributed by atoms with Crippen LogP contribution in [-0.2, 0) is 17.8 Å². The van der Waals surface area contributed by atoms with E-state index in [2.05, 4.69) is 36.3 Å². The lowest BCUT2D eigenvalue weighted by Crippen LogP contribution is -2.22. The van der Waals surface area contributed by atoms with E-state index in [1.54, 1.807) is 14.2 Å². The molecule has 0 unspecified atom stereocenters. The van der Waals surface area contributed by atoms with E-state index >= 15 is 0 Å². The SMILES string of the molecule is CCNCc1ccc(OC)c(CN(C)CCOC)c1. The minimum atomic E-state index is 0.746. The summed E-state index contributed by atoms with van der Waals surface area (Å²) in [5, 5.41) is 3.34. The molecule has 0 spiro atoms. The second-order valence-corrected chi connectivity index (χ2v) is 4.66. The van der Waals surface area contributed by atoms with Gasteiger partial charge in [0.2, 0.25) is 0 Å². The van der Waals surface area contributed by atoms with Crippen molar-refractivity contribution in [3.05, 3.63) is 29.3 Å². The van der Waals surface area contributed by atoms with Gasteiger partial charge in [0.05, 0.1) is 13.7 Å². The van der Waals surface area contributed by atoms with E-state index in [1.165, 1.54) is 11.1 Å². The lowest BCUT2D eigenvalue weighted by Gasteiger charge is -2.18. The summed E-state index contributed by atoms with van der Waals surface area (Å²) >= 11 is 0. The number of hydrogen-bond donors (Lipinski definition) is 1. The molecule has 0 aliphatic carbocycles. The molecular weight excluding hydrogens is 240 g/mol. The van der Waals surface area contributed by atoms with Gasteiger partial charge in [-0.25, -0.2) is 0 Å². The highest BCUT2D eigenvalue weighted by molar-refractivity contribution is 5.37. The molecule has 0 bridgehead atoms. The molecule has 108 valence electrons. The van der Waals surface area contributed by atoms with Crippen molar-refractivity contribution in [2.24, 2.45) is 0 Å². The van der Waals surface area contributed by atoms with Gasteiger partial charge in [-0.2, -0.15) is 0 Å². The van der Waals surface area contributed by atoms with Crippen LogP contribution >= 0.6 is 0 Å². The van der Waals surface area contributed by atoms with Gasteiger partial charge in [0, 0.05) is 32.3 Å². The van der Waals surface area contributed by atoms with Crippen LogP contribution in [0.5, 0.6) is 5.75 Å². The van der Waals surface area contributed by atoms with E-state index in [9.17, 15) is 0 Å². The highest BCUT2D eigenvalue weighted by atomic mass is 16.5. The molecule has 4 heteroatoms. The average Bonchev–Trinajstić information content (AvgIpc) is 2.43. The van der Waals surface area contributed by atoms with Crippen LogP contribution in [0.1, 0.15) is 18.1 Å². The van der Waals surface area contributed by atoms with Gasteiger partial charge in [0.15, 0.2) is 0 Å². The summed E-state index contributed by atoms with van der Waals surface area (Å²) in [4.78, 5) is 2.23. The Labute approximate surface area is 116 Å². The maximum Gasteiger partial charge on any atom is 0.123 e. The smallest absolute Gasteiger partial charge is 0.123 e. The number of nitrogens with one attached hydrogen (secondary N) is 1. The number of ether oxygens (including phenoxy) is 2. The first kappa shape index (κ1) is 16.0. The van der Waals surface area contributed by atoms with Gasteiger partial charge >= 0.3 is 0 Å². The Balaban J connectivity index is 2.71. The molecule has 0 aliphatic rings. The maximum atomic E-state index is 5.43. The van der Waals surface area contributed by atoms with Gasteiger partial charge in [-0.3, -0.25) is 4.90 Å². The molecule has 1 N–H and O–H groups in total. The summed E-state index contributed by atoms with van der Waals surface area (Å²) in [5.41, 5.74) is 2.51. The Kier molecular flexibility index (Phi) is 7.48. The van der Waals surface area contributed by atoms with Crippen LogP contribution in [0.25, 0.3) is 0 Å². The zero-order valence-corrected chi connectivity index (χ0v) is 12.5. The molecule has 0 aliphatic heterocycles. The molecular formula is C15H26N2O2. The Morgan fingerprint density at radius 2 is 2.05 bits per heavy atom. The van der Waals surface area contributed by atoms with Gasteiger partial charge < -0.3 is 14.8 Å². The van der Waals surface area contributed by atoms with Crippen LogP contribution in [0.2, 0.25) is 0 Å². The van der Waals surface area contributed by atoms with E-state index in [1.807, 2.05) is 6.07 Å². The second kappa shape index (κ2) is 8.91. The molecule has 1 aromatic carbocycles. The number of nitrogens with zero attached hydrogens (tertiary/aromatic N) is 1. The largest absolute Gasteiger partial charge is 0.496 e. The van der Waals surface area contributed by atoms with Gasteiger partial charge in [-0.15, -0.1) is 0 Å². The fraction of sp³-hybridized carbons (Fsp3) is 0.600. The first-order valence-corrected chi connectivity index (χ1v) is 6.75. The van der Waals surface area contributed by atoms with Crippen LogP contribution in [0.4, 0.5) is 0 Å². The molecule has 0 atom stereocenters. The molecule has 0 saturated heterocycles. The van der Waals surface area contributed by atoms with E-state index in [4.69, 9.17) is 9.47 Å². The number of hydrogen-bond acceptors (Lipinski definition) is 4. The van der Waals surface area contributed by atoms with Crippen molar-refractivity contribution in [3.8, 4) is 5.75 Å². The monoisotopic (exact) mass is 266 g/mol. The molecule has 19 heavy (non-hydrogen) atoms. The Hall–Kier alpha value is -1.10. The number of methoxy groups -OCH3 is 2. The highest BCUT2D eigenvalue weighted by Crippen LogP contribution is 2.21. The van der Waals surface area contributed by atoms with E-state index < -0.39 is 0 Å². The molecule has 0 fully saturated rings. The topological polar surface area (TPSA) is 33.7 Å². The van der Waals surface area contributed by atoms with Crippen molar-refractivity contribution < 1.29 is 9.47 Å². The molecule has 0 amide bonds. The average molecular weight is 266 g/mol. The normalized spacial score (nSPS) is 11.0. The predicted molar refractivity (Wildman–Crippen MR) is 78.6 cm³/mol. The van der Waals surface area contributed by atoms with Crippen molar-refractivity contribution in [1.82, 2.24) is 10.2 Å². The van der Waals surface area contributed by atoms with Crippen molar-refractivity contribution in [2.75, 3.05) is 41.0 Å². The Morgan fingerprint density at radius 1 is 1.26 bits per heavy atom. The Bertz CT molecular complexity index is 369.